The first kappa shape index (κ1) is 8.97. The Kier molecular flexibility index (Phi) is 2.33. The number of rotatable bonds is 1. The third-order valence-electron chi connectivity index (χ3n) is 1.93. The molecule has 0 aliphatic rings. The van der Waals surface area contributed by atoms with Gasteiger partial charge in [-0.2, -0.15) is 0 Å². The third-order valence-corrected chi connectivity index (χ3v) is 2.20. The summed E-state index contributed by atoms with van der Waals surface area (Å²) >= 11 is 5.63. The molecule has 0 aliphatic heterocycles. The number of hydrogen-bond acceptors (Lipinski definition) is 3. The third kappa shape index (κ3) is 1.54. The highest BCUT2D eigenvalue weighted by atomic mass is 35.5. The standard InChI is InChI=1S/C10H7ClN2O/c11-10(13-14)9-5-7-3-1-2-4-8(7)6-12-9/h1-6,14H. The van der Waals surface area contributed by atoms with Crippen LogP contribution in [0.4, 0.5) is 0 Å². The van der Waals surface area contributed by atoms with Crippen LogP contribution in [0.5, 0.6) is 0 Å². The van der Waals surface area contributed by atoms with Crippen molar-refractivity contribution in [1.82, 2.24) is 4.98 Å². The number of benzene rings is 1. The molecule has 0 unspecified atom stereocenters. The Hall–Kier alpha value is -1.61. The van der Waals surface area contributed by atoms with Crippen LogP contribution in [0, 0.1) is 0 Å². The monoisotopic (exact) mass is 206 g/mol. The van der Waals surface area contributed by atoms with E-state index in [2.05, 4.69) is 10.1 Å². The molecule has 70 valence electrons. The number of fused-ring (bicyclic) bond motifs is 1. The Morgan fingerprint density at radius 3 is 2.71 bits per heavy atom. The molecule has 0 spiro atoms. The van der Waals surface area contributed by atoms with Crippen LogP contribution in [0.2, 0.25) is 0 Å². The zero-order valence-electron chi connectivity index (χ0n) is 7.18. The minimum Gasteiger partial charge on any atom is -0.410 e. The van der Waals surface area contributed by atoms with E-state index in [0.717, 1.165) is 10.8 Å². The quantitative estimate of drug-likeness (QED) is 0.443. The van der Waals surface area contributed by atoms with Crippen molar-refractivity contribution in [2.45, 2.75) is 0 Å². The zero-order chi connectivity index (χ0) is 9.97. The number of halogens is 1. The topological polar surface area (TPSA) is 45.5 Å². The Morgan fingerprint density at radius 2 is 2.00 bits per heavy atom. The van der Waals surface area contributed by atoms with Crippen LogP contribution in [0.3, 0.4) is 0 Å². The summed E-state index contributed by atoms with van der Waals surface area (Å²) in [4.78, 5) is 4.05. The summed E-state index contributed by atoms with van der Waals surface area (Å²) in [6, 6.07) is 9.54. The van der Waals surface area contributed by atoms with Crippen molar-refractivity contribution >= 4 is 27.5 Å². The van der Waals surface area contributed by atoms with Crippen LogP contribution in [0.25, 0.3) is 10.8 Å². The van der Waals surface area contributed by atoms with Crippen molar-refractivity contribution < 1.29 is 5.21 Å². The zero-order valence-corrected chi connectivity index (χ0v) is 7.94. The van der Waals surface area contributed by atoms with E-state index in [0.29, 0.717) is 5.69 Å². The van der Waals surface area contributed by atoms with Crippen LogP contribution >= 0.6 is 11.6 Å². The summed E-state index contributed by atoms with van der Waals surface area (Å²) in [6.45, 7) is 0. The first-order valence-electron chi connectivity index (χ1n) is 4.04. The first-order chi connectivity index (χ1) is 6.81. The lowest BCUT2D eigenvalue weighted by Crippen LogP contribution is -1.94. The molecule has 0 saturated carbocycles. The minimum atomic E-state index is -0.00393. The molecule has 0 aliphatic carbocycles. The van der Waals surface area contributed by atoms with E-state index in [1.807, 2.05) is 24.3 Å². The van der Waals surface area contributed by atoms with Gasteiger partial charge in [-0.15, -0.1) is 0 Å². The van der Waals surface area contributed by atoms with E-state index < -0.39 is 0 Å². The van der Waals surface area contributed by atoms with Gasteiger partial charge >= 0.3 is 0 Å². The van der Waals surface area contributed by atoms with Gasteiger partial charge in [0.2, 0.25) is 0 Å². The number of hydrogen-bond donors (Lipinski definition) is 1. The molecule has 14 heavy (non-hydrogen) atoms. The fraction of sp³-hybridized carbons (Fsp3) is 0. The van der Waals surface area contributed by atoms with E-state index in [1.54, 1.807) is 12.3 Å². The van der Waals surface area contributed by atoms with Gasteiger partial charge in [0.05, 0.1) is 0 Å². The molecule has 0 atom stereocenters. The lowest BCUT2D eigenvalue weighted by molar-refractivity contribution is 0.320. The average molecular weight is 207 g/mol. The Labute approximate surface area is 85.6 Å². The van der Waals surface area contributed by atoms with Gasteiger partial charge in [-0.05, 0) is 11.5 Å². The van der Waals surface area contributed by atoms with Crippen molar-refractivity contribution in [3.63, 3.8) is 0 Å². The summed E-state index contributed by atoms with van der Waals surface area (Å²) in [5, 5.41) is 13.4. The van der Waals surface area contributed by atoms with Crippen molar-refractivity contribution in [2.24, 2.45) is 5.16 Å². The van der Waals surface area contributed by atoms with Gasteiger partial charge < -0.3 is 5.21 Å². The van der Waals surface area contributed by atoms with Gasteiger partial charge in [-0.3, -0.25) is 4.98 Å². The fourth-order valence-corrected chi connectivity index (χ4v) is 1.35. The van der Waals surface area contributed by atoms with Crippen LogP contribution in [-0.2, 0) is 0 Å². The van der Waals surface area contributed by atoms with Gasteiger partial charge in [0.25, 0.3) is 0 Å². The molecular formula is C10H7ClN2O. The highest BCUT2D eigenvalue weighted by Gasteiger charge is 2.02. The maximum Gasteiger partial charge on any atom is 0.193 e. The van der Waals surface area contributed by atoms with E-state index in [9.17, 15) is 0 Å². The minimum absolute atomic E-state index is 0.00393. The summed E-state index contributed by atoms with van der Waals surface area (Å²) in [5.74, 6) is 0. The molecule has 3 nitrogen and oxygen atoms in total. The highest BCUT2D eigenvalue weighted by Crippen LogP contribution is 2.14. The van der Waals surface area contributed by atoms with E-state index in [4.69, 9.17) is 16.8 Å². The maximum absolute atomic E-state index is 8.48. The molecule has 0 bridgehead atoms. The molecule has 1 aromatic heterocycles. The molecule has 0 radical (unpaired) electrons. The van der Waals surface area contributed by atoms with Gasteiger partial charge in [-0.1, -0.05) is 41.0 Å². The van der Waals surface area contributed by atoms with Gasteiger partial charge in [-0.25, -0.2) is 0 Å². The largest absolute Gasteiger partial charge is 0.410 e. The lowest BCUT2D eigenvalue weighted by atomic mass is 10.1. The fourth-order valence-electron chi connectivity index (χ4n) is 1.25. The molecule has 0 fully saturated rings. The second kappa shape index (κ2) is 3.64. The summed E-state index contributed by atoms with van der Waals surface area (Å²) in [7, 11) is 0. The van der Waals surface area contributed by atoms with Crippen LogP contribution in [0.1, 0.15) is 5.69 Å². The van der Waals surface area contributed by atoms with Crippen molar-refractivity contribution in [1.29, 1.82) is 0 Å². The molecule has 1 aromatic carbocycles. The molecule has 2 aromatic rings. The molecule has 1 heterocycles. The Morgan fingerprint density at radius 1 is 1.29 bits per heavy atom. The van der Waals surface area contributed by atoms with Crippen molar-refractivity contribution in [3.05, 3.63) is 42.2 Å². The van der Waals surface area contributed by atoms with Crippen molar-refractivity contribution in [3.8, 4) is 0 Å². The summed E-state index contributed by atoms with van der Waals surface area (Å²) < 4.78 is 0. The Balaban J connectivity index is 2.62. The van der Waals surface area contributed by atoms with Crippen molar-refractivity contribution in [2.75, 3.05) is 0 Å². The number of pyridine rings is 1. The van der Waals surface area contributed by atoms with Gasteiger partial charge in [0, 0.05) is 11.6 Å². The first-order valence-corrected chi connectivity index (χ1v) is 4.42. The second-order valence-corrected chi connectivity index (χ2v) is 3.17. The molecule has 1 N–H and O–H groups in total. The second-order valence-electron chi connectivity index (χ2n) is 2.81. The SMILES string of the molecule is ON=C(Cl)c1cc2ccccc2cn1. The van der Waals surface area contributed by atoms with Crippen LogP contribution in [0.15, 0.2) is 41.7 Å². The predicted octanol–water partition coefficient (Wildman–Crippen LogP) is 2.61. The lowest BCUT2D eigenvalue weighted by Gasteiger charge is -1.99. The van der Waals surface area contributed by atoms with E-state index in [1.165, 1.54) is 0 Å². The summed E-state index contributed by atoms with van der Waals surface area (Å²) in [6.07, 6.45) is 1.69. The molecule has 2 rings (SSSR count). The van der Waals surface area contributed by atoms with E-state index in [-0.39, 0.29) is 5.17 Å². The van der Waals surface area contributed by atoms with Crippen LogP contribution < -0.4 is 0 Å². The van der Waals surface area contributed by atoms with E-state index >= 15 is 0 Å². The summed E-state index contributed by atoms with van der Waals surface area (Å²) in [5.41, 5.74) is 0.466. The molecule has 0 saturated heterocycles. The smallest absolute Gasteiger partial charge is 0.193 e. The van der Waals surface area contributed by atoms with Gasteiger partial charge in [0.15, 0.2) is 5.17 Å². The number of oxime groups is 1. The Bertz CT molecular complexity index is 496. The highest BCUT2D eigenvalue weighted by molar-refractivity contribution is 6.69. The maximum atomic E-state index is 8.48. The molecule has 4 heteroatoms. The van der Waals surface area contributed by atoms with Gasteiger partial charge in [0.1, 0.15) is 5.69 Å². The number of aromatic nitrogens is 1. The predicted molar refractivity (Wildman–Crippen MR) is 55.9 cm³/mol. The number of nitrogens with zero attached hydrogens (tertiary/aromatic N) is 2. The van der Waals surface area contributed by atoms with Crippen LogP contribution in [-0.4, -0.2) is 15.4 Å². The average Bonchev–Trinajstić information content (AvgIpc) is 2.27. The molecule has 0 amide bonds. The normalized spacial score (nSPS) is 11.9. The molecular weight excluding hydrogens is 200 g/mol.